The van der Waals surface area contributed by atoms with Crippen molar-refractivity contribution in [3.8, 4) is 5.82 Å². The van der Waals surface area contributed by atoms with Crippen LogP contribution in [0, 0.1) is 5.95 Å². The molecule has 0 atom stereocenters. The molecule has 2 N–H and O–H groups in total. The molecule has 182 valence electrons. The number of anilines is 3. The summed E-state index contributed by atoms with van der Waals surface area (Å²) in [6.45, 7) is 2.98. The molecule has 10 nitrogen and oxygen atoms in total. The van der Waals surface area contributed by atoms with Crippen LogP contribution in [0.25, 0.3) is 5.82 Å². The standard InChI is InChI=1S/C25H22FN7O3/c26-23-20(16-33(30-23)22-3-1-2-10-27-22)24(34)29-18-6-9-21(28-15-18)32-13-11-31(12-14-32)19-7-4-17(5-8-19)25(35)36/h1-10,15-16H,11-14H2,(H,29,34)(H,35,36). The minimum Gasteiger partial charge on any atom is -0.478 e. The highest BCUT2D eigenvalue weighted by Crippen LogP contribution is 2.21. The predicted molar refractivity (Wildman–Crippen MR) is 131 cm³/mol. The van der Waals surface area contributed by atoms with Gasteiger partial charge in [0.1, 0.15) is 11.4 Å². The third kappa shape index (κ3) is 4.85. The zero-order chi connectivity index (χ0) is 25.1. The van der Waals surface area contributed by atoms with Crippen molar-refractivity contribution in [3.05, 3.63) is 90.3 Å². The number of carbonyl (C=O) groups is 2. The lowest BCUT2D eigenvalue weighted by Crippen LogP contribution is -2.46. The lowest BCUT2D eigenvalue weighted by atomic mass is 10.2. The molecule has 1 aliphatic rings. The van der Waals surface area contributed by atoms with E-state index in [1.54, 1.807) is 48.7 Å². The van der Waals surface area contributed by atoms with Crippen LogP contribution in [-0.2, 0) is 0 Å². The Kier molecular flexibility index (Phi) is 6.27. The number of carboxylic acids is 1. The normalized spacial score (nSPS) is 13.5. The van der Waals surface area contributed by atoms with Crippen molar-refractivity contribution < 1.29 is 19.1 Å². The van der Waals surface area contributed by atoms with E-state index in [1.807, 2.05) is 12.1 Å². The summed E-state index contributed by atoms with van der Waals surface area (Å²) in [7, 11) is 0. The third-order valence-electron chi connectivity index (χ3n) is 5.89. The van der Waals surface area contributed by atoms with Gasteiger partial charge in [0.05, 0.1) is 17.4 Å². The summed E-state index contributed by atoms with van der Waals surface area (Å²) in [6.07, 6.45) is 4.38. The van der Waals surface area contributed by atoms with Gasteiger partial charge in [-0.3, -0.25) is 4.79 Å². The molecule has 0 saturated carbocycles. The van der Waals surface area contributed by atoms with Gasteiger partial charge in [-0.05, 0) is 48.5 Å². The SMILES string of the molecule is O=C(O)c1ccc(N2CCN(c3ccc(NC(=O)c4cn(-c5ccccn5)nc4F)cn3)CC2)cc1. The number of carboxylic acid groups (broad SMARTS) is 1. The quantitative estimate of drug-likeness (QED) is 0.426. The topological polar surface area (TPSA) is 116 Å². The number of nitrogens with one attached hydrogen (secondary N) is 1. The number of pyridine rings is 2. The van der Waals surface area contributed by atoms with Crippen LogP contribution in [0.2, 0.25) is 0 Å². The molecule has 11 heteroatoms. The summed E-state index contributed by atoms with van der Waals surface area (Å²) in [6, 6.07) is 15.5. The number of benzene rings is 1. The Morgan fingerprint density at radius 3 is 2.28 bits per heavy atom. The van der Waals surface area contributed by atoms with E-state index in [1.165, 1.54) is 17.1 Å². The van der Waals surface area contributed by atoms with E-state index < -0.39 is 17.8 Å². The molecule has 1 amide bonds. The minimum absolute atomic E-state index is 0.197. The van der Waals surface area contributed by atoms with Gasteiger partial charge in [-0.15, -0.1) is 5.10 Å². The Balaban J connectivity index is 1.19. The van der Waals surface area contributed by atoms with Crippen molar-refractivity contribution in [2.45, 2.75) is 0 Å². The van der Waals surface area contributed by atoms with E-state index in [4.69, 9.17) is 5.11 Å². The molecule has 3 aromatic heterocycles. The fourth-order valence-electron chi connectivity index (χ4n) is 3.97. The highest BCUT2D eigenvalue weighted by molar-refractivity contribution is 6.04. The summed E-state index contributed by atoms with van der Waals surface area (Å²) in [5.74, 6) is -1.30. The van der Waals surface area contributed by atoms with Crippen molar-refractivity contribution in [2.24, 2.45) is 0 Å². The van der Waals surface area contributed by atoms with Gasteiger partial charge in [0.15, 0.2) is 5.82 Å². The highest BCUT2D eigenvalue weighted by Gasteiger charge is 2.20. The van der Waals surface area contributed by atoms with E-state index in [-0.39, 0.29) is 11.1 Å². The summed E-state index contributed by atoms with van der Waals surface area (Å²) in [4.78, 5) is 36.5. The lowest BCUT2D eigenvalue weighted by Gasteiger charge is -2.36. The second-order valence-electron chi connectivity index (χ2n) is 8.15. The Labute approximate surface area is 205 Å². The first kappa shape index (κ1) is 23.0. The first-order valence-electron chi connectivity index (χ1n) is 11.3. The van der Waals surface area contributed by atoms with Crippen LogP contribution < -0.4 is 15.1 Å². The van der Waals surface area contributed by atoms with Gasteiger partial charge >= 0.3 is 5.97 Å². The molecule has 1 fully saturated rings. The van der Waals surface area contributed by atoms with Crippen molar-refractivity contribution in [2.75, 3.05) is 41.3 Å². The van der Waals surface area contributed by atoms with Crippen LogP contribution in [-0.4, -0.2) is 62.9 Å². The van der Waals surface area contributed by atoms with Crippen molar-refractivity contribution in [1.29, 1.82) is 0 Å². The average Bonchev–Trinajstić information content (AvgIpc) is 3.31. The van der Waals surface area contributed by atoms with Gasteiger partial charge in [-0.2, -0.15) is 4.39 Å². The zero-order valence-electron chi connectivity index (χ0n) is 19.1. The summed E-state index contributed by atoms with van der Waals surface area (Å²) >= 11 is 0. The number of nitrogens with zero attached hydrogens (tertiary/aromatic N) is 6. The van der Waals surface area contributed by atoms with Crippen LogP contribution in [0.15, 0.2) is 73.2 Å². The molecule has 0 bridgehead atoms. The molecule has 5 rings (SSSR count). The van der Waals surface area contributed by atoms with E-state index >= 15 is 0 Å². The average molecular weight is 487 g/mol. The molecule has 1 aliphatic heterocycles. The molecular weight excluding hydrogens is 465 g/mol. The highest BCUT2D eigenvalue weighted by atomic mass is 19.1. The van der Waals surface area contributed by atoms with E-state index in [9.17, 15) is 14.0 Å². The maximum absolute atomic E-state index is 14.3. The van der Waals surface area contributed by atoms with Gasteiger partial charge in [0.25, 0.3) is 5.91 Å². The monoisotopic (exact) mass is 487 g/mol. The number of rotatable bonds is 6. The molecule has 1 saturated heterocycles. The van der Waals surface area contributed by atoms with E-state index in [0.29, 0.717) is 11.5 Å². The van der Waals surface area contributed by atoms with Crippen LogP contribution >= 0.6 is 0 Å². The Morgan fingerprint density at radius 2 is 1.64 bits per heavy atom. The summed E-state index contributed by atoms with van der Waals surface area (Å²) < 4.78 is 15.5. The smallest absolute Gasteiger partial charge is 0.335 e. The number of amides is 1. The fraction of sp³-hybridized carbons (Fsp3) is 0.160. The van der Waals surface area contributed by atoms with Crippen LogP contribution in [0.4, 0.5) is 21.6 Å². The predicted octanol–water partition coefficient (Wildman–Crippen LogP) is 3.08. The largest absolute Gasteiger partial charge is 0.478 e. The number of aromatic carboxylic acids is 1. The van der Waals surface area contributed by atoms with Gasteiger partial charge < -0.3 is 20.2 Å². The summed E-state index contributed by atoms with van der Waals surface area (Å²) in [5, 5.41) is 15.4. The minimum atomic E-state index is -0.943. The van der Waals surface area contributed by atoms with Gasteiger partial charge in [-0.1, -0.05) is 6.07 Å². The van der Waals surface area contributed by atoms with Crippen LogP contribution in [0.3, 0.4) is 0 Å². The third-order valence-corrected chi connectivity index (χ3v) is 5.89. The Morgan fingerprint density at radius 1 is 0.889 bits per heavy atom. The van der Waals surface area contributed by atoms with Crippen molar-refractivity contribution >= 4 is 29.1 Å². The molecule has 4 aromatic rings. The number of halogens is 1. The molecule has 0 radical (unpaired) electrons. The Hall–Kier alpha value is -4.80. The van der Waals surface area contributed by atoms with E-state index in [2.05, 4.69) is 30.2 Å². The second kappa shape index (κ2) is 9.82. The lowest BCUT2D eigenvalue weighted by molar-refractivity contribution is 0.0696. The first-order valence-corrected chi connectivity index (χ1v) is 11.3. The second-order valence-corrected chi connectivity index (χ2v) is 8.15. The van der Waals surface area contributed by atoms with Gasteiger partial charge in [-0.25, -0.2) is 19.4 Å². The summed E-state index contributed by atoms with van der Waals surface area (Å²) in [5.41, 5.74) is 1.48. The molecule has 36 heavy (non-hydrogen) atoms. The van der Waals surface area contributed by atoms with Crippen molar-refractivity contribution in [1.82, 2.24) is 19.7 Å². The van der Waals surface area contributed by atoms with E-state index in [0.717, 1.165) is 37.7 Å². The molecule has 1 aromatic carbocycles. The first-order chi connectivity index (χ1) is 17.5. The molecule has 4 heterocycles. The van der Waals surface area contributed by atoms with Gasteiger partial charge in [0, 0.05) is 44.3 Å². The molecule has 0 aliphatic carbocycles. The number of piperazine rings is 1. The number of hydrogen-bond acceptors (Lipinski definition) is 7. The fourth-order valence-corrected chi connectivity index (χ4v) is 3.97. The van der Waals surface area contributed by atoms with Crippen LogP contribution in [0.1, 0.15) is 20.7 Å². The maximum Gasteiger partial charge on any atom is 0.335 e. The molecular formula is C25H22FN7O3. The number of hydrogen-bond donors (Lipinski definition) is 2. The molecule has 0 unspecified atom stereocenters. The zero-order valence-corrected chi connectivity index (χ0v) is 19.1. The maximum atomic E-state index is 14.3. The molecule has 0 spiro atoms. The Bertz CT molecular complexity index is 1370. The van der Waals surface area contributed by atoms with Crippen molar-refractivity contribution in [3.63, 3.8) is 0 Å². The van der Waals surface area contributed by atoms with Crippen LogP contribution in [0.5, 0.6) is 0 Å². The number of carbonyl (C=O) groups excluding carboxylic acids is 1. The van der Waals surface area contributed by atoms with Gasteiger partial charge in [0.2, 0.25) is 5.95 Å². The number of aromatic nitrogens is 4.